The fraction of sp³-hybridized carbons (Fsp3) is 0.533. The Morgan fingerprint density at radius 2 is 1.83 bits per heavy atom. The molecule has 18 heavy (non-hydrogen) atoms. The van der Waals surface area contributed by atoms with Crippen LogP contribution in [-0.2, 0) is 4.79 Å². The number of hydrogen-bond acceptors (Lipinski definition) is 2. The van der Waals surface area contributed by atoms with E-state index in [2.05, 4.69) is 32.2 Å². The Bertz CT molecular complexity index is 438. The van der Waals surface area contributed by atoms with E-state index < -0.39 is 5.97 Å². The molecule has 3 nitrogen and oxygen atoms in total. The van der Waals surface area contributed by atoms with Gasteiger partial charge in [-0.25, -0.2) is 0 Å². The molecule has 0 aliphatic heterocycles. The fourth-order valence-electron chi connectivity index (χ4n) is 1.98. The number of aryl methyl sites for hydroxylation is 1. The molecule has 0 radical (unpaired) electrons. The first kappa shape index (κ1) is 14.6. The number of nitrogens with one attached hydrogen (secondary N) is 1. The van der Waals surface area contributed by atoms with Gasteiger partial charge in [0.15, 0.2) is 0 Å². The summed E-state index contributed by atoms with van der Waals surface area (Å²) in [5.74, 6) is -0.966. The summed E-state index contributed by atoms with van der Waals surface area (Å²) in [7, 11) is 0. The SMILES string of the molecule is Cc1ccc(NCC(C(=O)O)C(C)C)c(C)c1C. The molecular weight excluding hydrogens is 226 g/mol. The third-order valence-corrected chi connectivity index (χ3v) is 3.69. The van der Waals surface area contributed by atoms with Gasteiger partial charge in [-0.15, -0.1) is 0 Å². The lowest BCUT2D eigenvalue weighted by Crippen LogP contribution is -2.27. The van der Waals surface area contributed by atoms with Gasteiger partial charge in [-0.3, -0.25) is 4.79 Å². The van der Waals surface area contributed by atoms with Gasteiger partial charge >= 0.3 is 5.97 Å². The van der Waals surface area contributed by atoms with Crippen LogP contribution in [0.5, 0.6) is 0 Å². The van der Waals surface area contributed by atoms with Gasteiger partial charge in [0.1, 0.15) is 0 Å². The van der Waals surface area contributed by atoms with Crippen molar-refractivity contribution in [1.82, 2.24) is 0 Å². The van der Waals surface area contributed by atoms with E-state index >= 15 is 0 Å². The van der Waals surface area contributed by atoms with E-state index in [1.807, 2.05) is 19.9 Å². The zero-order valence-corrected chi connectivity index (χ0v) is 11.9. The lowest BCUT2D eigenvalue weighted by atomic mass is 9.95. The summed E-state index contributed by atoms with van der Waals surface area (Å²) in [6.45, 7) is 10.6. The Hall–Kier alpha value is -1.51. The smallest absolute Gasteiger partial charge is 0.308 e. The highest BCUT2D eigenvalue weighted by atomic mass is 16.4. The zero-order valence-electron chi connectivity index (χ0n) is 11.9. The second-order valence-corrected chi connectivity index (χ2v) is 5.25. The van der Waals surface area contributed by atoms with E-state index in [0.717, 1.165) is 5.69 Å². The van der Waals surface area contributed by atoms with Crippen LogP contribution in [0, 0.1) is 32.6 Å². The number of carboxylic acid groups (broad SMARTS) is 1. The van der Waals surface area contributed by atoms with Crippen LogP contribution in [0.15, 0.2) is 12.1 Å². The summed E-state index contributed by atoms with van der Waals surface area (Å²) in [6, 6.07) is 4.09. The van der Waals surface area contributed by atoms with Crippen LogP contribution in [0.3, 0.4) is 0 Å². The van der Waals surface area contributed by atoms with Crippen molar-refractivity contribution in [2.24, 2.45) is 11.8 Å². The molecule has 2 N–H and O–H groups in total. The maximum absolute atomic E-state index is 11.1. The predicted molar refractivity (Wildman–Crippen MR) is 75.1 cm³/mol. The lowest BCUT2D eigenvalue weighted by Gasteiger charge is -2.19. The number of benzene rings is 1. The normalized spacial score (nSPS) is 12.6. The molecule has 0 aliphatic carbocycles. The van der Waals surface area contributed by atoms with Crippen molar-refractivity contribution in [2.75, 3.05) is 11.9 Å². The van der Waals surface area contributed by atoms with Crippen molar-refractivity contribution in [3.8, 4) is 0 Å². The van der Waals surface area contributed by atoms with E-state index in [9.17, 15) is 4.79 Å². The Labute approximate surface area is 109 Å². The van der Waals surface area contributed by atoms with E-state index in [-0.39, 0.29) is 11.8 Å². The van der Waals surface area contributed by atoms with Crippen molar-refractivity contribution >= 4 is 11.7 Å². The molecule has 1 atom stereocenters. The van der Waals surface area contributed by atoms with Gasteiger partial charge in [-0.2, -0.15) is 0 Å². The molecule has 0 aromatic heterocycles. The summed E-state index contributed by atoms with van der Waals surface area (Å²) < 4.78 is 0. The third-order valence-electron chi connectivity index (χ3n) is 3.69. The molecule has 100 valence electrons. The van der Waals surface area contributed by atoms with Crippen LogP contribution in [0.1, 0.15) is 30.5 Å². The van der Waals surface area contributed by atoms with E-state index in [1.54, 1.807) is 0 Å². The van der Waals surface area contributed by atoms with E-state index in [0.29, 0.717) is 6.54 Å². The molecule has 1 unspecified atom stereocenters. The molecule has 0 saturated heterocycles. The molecule has 0 amide bonds. The first-order chi connectivity index (χ1) is 8.34. The molecule has 0 spiro atoms. The summed E-state index contributed by atoms with van der Waals surface area (Å²) in [5.41, 5.74) is 4.75. The second kappa shape index (κ2) is 5.89. The highest BCUT2D eigenvalue weighted by molar-refractivity contribution is 5.71. The topological polar surface area (TPSA) is 49.3 Å². The summed E-state index contributed by atoms with van der Waals surface area (Å²) in [6.07, 6.45) is 0. The Kier molecular flexibility index (Phi) is 4.76. The van der Waals surface area contributed by atoms with Gasteiger partial charge in [0.25, 0.3) is 0 Å². The summed E-state index contributed by atoms with van der Waals surface area (Å²) >= 11 is 0. The Morgan fingerprint density at radius 1 is 1.22 bits per heavy atom. The summed E-state index contributed by atoms with van der Waals surface area (Å²) in [4.78, 5) is 11.1. The quantitative estimate of drug-likeness (QED) is 0.841. The van der Waals surface area contributed by atoms with E-state index in [1.165, 1.54) is 16.7 Å². The maximum Gasteiger partial charge on any atom is 0.308 e. The van der Waals surface area contributed by atoms with Crippen molar-refractivity contribution in [2.45, 2.75) is 34.6 Å². The molecule has 0 aliphatic rings. The van der Waals surface area contributed by atoms with Gasteiger partial charge in [0, 0.05) is 12.2 Å². The molecule has 1 rings (SSSR count). The van der Waals surface area contributed by atoms with Crippen LogP contribution in [0.25, 0.3) is 0 Å². The number of carboxylic acids is 1. The molecule has 0 fully saturated rings. The van der Waals surface area contributed by atoms with E-state index in [4.69, 9.17) is 5.11 Å². The molecule has 1 aromatic rings. The van der Waals surface area contributed by atoms with Crippen LogP contribution in [0.2, 0.25) is 0 Å². The molecule has 1 aromatic carbocycles. The first-order valence-corrected chi connectivity index (χ1v) is 6.38. The summed E-state index contributed by atoms with van der Waals surface area (Å²) in [5, 5.41) is 12.4. The largest absolute Gasteiger partial charge is 0.481 e. The van der Waals surface area contributed by atoms with Crippen molar-refractivity contribution < 1.29 is 9.90 Å². The number of anilines is 1. The number of rotatable bonds is 5. The molecular formula is C15H23NO2. The minimum Gasteiger partial charge on any atom is -0.481 e. The van der Waals surface area contributed by atoms with Gasteiger partial charge in [0.2, 0.25) is 0 Å². The molecule has 0 saturated carbocycles. The number of hydrogen-bond donors (Lipinski definition) is 2. The molecule has 3 heteroatoms. The van der Waals surface area contributed by atoms with Gasteiger partial charge < -0.3 is 10.4 Å². The van der Waals surface area contributed by atoms with Gasteiger partial charge in [-0.1, -0.05) is 19.9 Å². The minimum atomic E-state index is -0.737. The molecule has 0 heterocycles. The van der Waals surface area contributed by atoms with Crippen LogP contribution in [-0.4, -0.2) is 17.6 Å². The average Bonchev–Trinajstić information content (AvgIpc) is 2.28. The number of carbonyl (C=O) groups is 1. The maximum atomic E-state index is 11.1. The average molecular weight is 249 g/mol. The van der Waals surface area contributed by atoms with Gasteiger partial charge in [-0.05, 0) is 49.4 Å². The Morgan fingerprint density at radius 3 is 2.33 bits per heavy atom. The fourth-order valence-corrected chi connectivity index (χ4v) is 1.98. The van der Waals surface area contributed by atoms with Crippen LogP contribution < -0.4 is 5.32 Å². The van der Waals surface area contributed by atoms with Crippen molar-refractivity contribution in [3.63, 3.8) is 0 Å². The standard InChI is InChI=1S/C15H23NO2/c1-9(2)13(15(17)18)8-16-14-7-6-10(3)11(4)12(14)5/h6-7,9,13,16H,8H2,1-5H3,(H,17,18). The minimum absolute atomic E-state index is 0.127. The third kappa shape index (κ3) is 3.25. The highest BCUT2D eigenvalue weighted by Gasteiger charge is 2.21. The van der Waals surface area contributed by atoms with Crippen LogP contribution >= 0.6 is 0 Å². The second-order valence-electron chi connectivity index (χ2n) is 5.25. The van der Waals surface area contributed by atoms with Crippen molar-refractivity contribution in [1.29, 1.82) is 0 Å². The zero-order chi connectivity index (χ0) is 13.9. The predicted octanol–water partition coefficient (Wildman–Crippen LogP) is 3.38. The van der Waals surface area contributed by atoms with Crippen molar-refractivity contribution in [3.05, 3.63) is 28.8 Å². The van der Waals surface area contributed by atoms with Crippen LogP contribution in [0.4, 0.5) is 5.69 Å². The Balaban J connectivity index is 2.80. The lowest BCUT2D eigenvalue weighted by molar-refractivity contribution is -0.142. The molecule has 0 bridgehead atoms. The number of aliphatic carboxylic acids is 1. The first-order valence-electron chi connectivity index (χ1n) is 6.38. The van der Waals surface area contributed by atoms with Gasteiger partial charge in [0.05, 0.1) is 5.92 Å². The highest BCUT2D eigenvalue weighted by Crippen LogP contribution is 2.22. The monoisotopic (exact) mass is 249 g/mol.